The second-order valence-corrected chi connectivity index (χ2v) is 4.72. The monoisotopic (exact) mass is 258 g/mol. The Morgan fingerprint density at radius 3 is 2.00 bits per heavy atom. The Hall–Kier alpha value is 0.660. The van der Waals surface area contributed by atoms with Crippen LogP contribution in [-0.2, 0) is 0 Å². The van der Waals surface area contributed by atoms with Gasteiger partial charge in [-0.15, -0.1) is 0 Å². The van der Waals surface area contributed by atoms with E-state index < -0.39 is 6.17 Å². The van der Waals surface area contributed by atoms with E-state index in [0.29, 0.717) is 16.3 Å². The molecule has 0 radical (unpaired) electrons. The minimum absolute atomic E-state index is 0.629. The van der Waals surface area contributed by atoms with Gasteiger partial charge >= 0.3 is 0 Å². The van der Waals surface area contributed by atoms with Gasteiger partial charge < -0.3 is 0 Å². The van der Waals surface area contributed by atoms with E-state index in [1.54, 1.807) is 6.92 Å². The smallest absolute Gasteiger partial charge is 0.0974 e. The lowest BCUT2D eigenvalue weighted by Gasteiger charge is -2.13. The molecule has 0 fully saturated rings. The highest BCUT2D eigenvalue weighted by Gasteiger charge is 2.09. The summed E-state index contributed by atoms with van der Waals surface area (Å²) in [5.74, 6) is 0.680. The van der Waals surface area contributed by atoms with Crippen molar-refractivity contribution in [3.8, 4) is 0 Å². The van der Waals surface area contributed by atoms with E-state index >= 15 is 0 Å². The van der Waals surface area contributed by atoms with Crippen molar-refractivity contribution in [2.45, 2.75) is 43.7 Å². The van der Waals surface area contributed by atoms with Crippen molar-refractivity contribution in [2.24, 2.45) is 5.92 Å². The van der Waals surface area contributed by atoms with E-state index in [1.165, 1.54) is 0 Å². The fourth-order valence-corrected chi connectivity index (χ4v) is 1.08. The fraction of sp³-hybridized carbons (Fsp3) is 1.00. The minimum atomic E-state index is -0.629. The number of halogens is 2. The van der Waals surface area contributed by atoms with Gasteiger partial charge in [0.25, 0.3) is 0 Å². The van der Waals surface area contributed by atoms with Crippen LogP contribution in [0.4, 0.5) is 4.39 Å². The van der Waals surface area contributed by atoms with Crippen LogP contribution < -0.4 is 0 Å². The van der Waals surface area contributed by atoms with Crippen molar-refractivity contribution in [3.05, 3.63) is 0 Å². The molecule has 0 saturated heterocycles. The maximum atomic E-state index is 12.3. The summed E-state index contributed by atoms with van der Waals surface area (Å²) >= 11 is 2.40. The Balaban J connectivity index is 3.30. The molecular weight excluding hydrogens is 242 g/mol. The van der Waals surface area contributed by atoms with Gasteiger partial charge in [0, 0.05) is 3.92 Å². The average molecular weight is 258 g/mol. The highest BCUT2D eigenvalue weighted by molar-refractivity contribution is 14.1. The molecule has 0 aliphatic heterocycles. The van der Waals surface area contributed by atoms with Crippen molar-refractivity contribution >= 4 is 22.6 Å². The third-order valence-corrected chi connectivity index (χ3v) is 3.62. The molecule has 0 aliphatic carbocycles. The highest BCUT2D eigenvalue weighted by atomic mass is 127. The molecule has 0 bridgehead atoms. The second kappa shape index (κ2) is 5.33. The van der Waals surface area contributed by atoms with Crippen molar-refractivity contribution in [2.75, 3.05) is 0 Å². The van der Waals surface area contributed by atoms with Crippen molar-refractivity contribution in [1.29, 1.82) is 0 Å². The SMILES string of the molecule is CC(C)[C@@H](I)CC[C@@H](C)F. The van der Waals surface area contributed by atoms with Crippen LogP contribution in [0.15, 0.2) is 0 Å². The van der Waals surface area contributed by atoms with Gasteiger partial charge in [0.2, 0.25) is 0 Å². The van der Waals surface area contributed by atoms with Gasteiger partial charge in [-0.25, -0.2) is 4.39 Å². The van der Waals surface area contributed by atoms with E-state index in [9.17, 15) is 4.39 Å². The summed E-state index contributed by atoms with van der Waals surface area (Å²) in [7, 11) is 0. The van der Waals surface area contributed by atoms with Crippen LogP contribution in [0.5, 0.6) is 0 Å². The van der Waals surface area contributed by atoms with Crippen LogP contribution in [0.25, 0.3) is 0 Å². The molecule has 0 aliphatic rings. The zero-order valence-electron chi connectivity index (χ0n) is 6.90. The quantitative estimate of drug-likeness (QED) is 0.534. The average Bonchev–Trinajstić information content (AvgIpc) is 1.82. The van der Waals surface area contributed by atoms with E-state index in [1.807, 2.05) is 0 Å². The normalized spacial score (nSPS) is 17.4. The predicted molar refractivity (Wildman–Crippen MR) is 52.5 cm³/mol. The molecule has 0 spiro atoms. The molecule has 0 amide bonds. The van der Waals surface area contributed by atoms with Crippen LogP contribution in [0, 0.1) is 5.92 Å². The van der Waals surface area contributed by atoms with Crippen LogP contribution in [-0.4, -0.2) is 10.1 Å². The topological polar surface area (TPSA) is 0 Å². The minimum Gasteiger partial charge on any atom is -0.248 e. The third kappa shape index (κ3) is 5.45. The van der Waals surface area contributed by atoms with E-state index in [2.05, 4.69) is 36.4 Å². The summed E-state index contributed by atoms with van der Waals surface area (Å²) in [6.45, 7) is 5.99. The first kappa shape index (κ1) is 10.7. The number of alkyl halides is 2. The first-order chi connectivity index (χ1) is 4.54. The fourth-order valence-electron chi connectivity index (χ4n) is 0.722. The zero-order valence-corrected chi connectivity index (χ0v) is 9.06. The summed E-state index contributed by atoms with van der Waals surface area (Å²) in [4.78, 5) is 0. The lowest BCUT2D eigenvalue weighted by atomic mass is 10.1. The lowest BCUT2D eigenvalue weighted by Crippen LogP contribution is -2.08. The molecule has 2 atom stereocenters. The summed E-state index contributed by atoms with van der Waals surface area (Å²) in [6.07, 6.45) is 1.10. The highest BCUT2D eigenvalue weighted by Crippen LogP contribution is 2.19. The first-order valence-corrected chi connectivity index (χ1v) is 5.06. The Morgan fingerprint density at radius 1 is 1.20 bits per heavy atom. The van der Waals surface area contributed by atoms with Crippen molar-refractivity contribution in [3.63, 3.8) is 0 Å². The van der Waals surface area contributed by atoms with Gasteiger partial charge in [-0.1, -0.05) is 36.4 Å². The number of hydrogen-bond acceptors (Lipinski definition) is 0. The molecule has 0 rings (SSSR count). The predicted octanol–water partition coefficient (Wildman–Crippen LogP) is 3.58. The Bertz CT molecular complexity index is 81.3. The summed E-state index contributed by atoms with van der Waals surface area (Å²) < 4.78 is 13.0. The van der Waals surface area contributed by atoms with Crippen LogP contribution in [0.1, 0.15) is 33.6 Å². The molecule has 0 aromatic rings. The van der Waals surface area contributed by atoms with Crippen LogP contribution in [0.3, 0.4) is 0 Å². The molecule has 0 N–H and O–H groups in total. The molecule has 0 saturated carbocycles. The second-order valence-electron chi connectivity index (χ2n) is 3.12. The molecule has 2 heteroatoms. The molecular formula is C8H16FI. The van der Waals surface area contributed by atoms with E-state index in [4.69, 9.17) is 0 Å². The summed E-state index contributed by atoms with van der Waals surface area (Å²) in [5, 5.41) is 0. The molecule has 0 heterocycles. The zero-order chi connectivity index (χ0) is 8.15. The van der Waals surface area contributed by atoms with Gasteiger partial charge in [-0.05, 0) is 25.7 Å². The Morgan fingerprint density at radius 2 is 1.70 bits per heavy atom. The first-order valence-electron chi connectivity index (χ1n) is 3.82. The molecule has 10 heavy (non-hydrogen) atoms. The molecule has 0 aromatic carbocycles. The third-order valence-electron chi connectivity index (χ3n) is 1.56. The van der Waals surface area contributed by atoms with Crippen LogP contribution >= 0.6 is 22.6 Å². The van der Waals surface area contributed by atoms with E-state index in [-0.39, 0.29) is 0 Å². The molecule has 0 nitrogen and oxygen atoms in total. The molecule has 62 valence electrons. The van der Waals surface area contributed by atoms with Crippen molar-refractivity contribution in [1.82, 2.24) is 0 Å². The Labute approximate surface area is 76.7 Å². The van der Waals surface area contributed by atoms with Gasteiger partial charge in [0.05, 0.1) is 6.17 Å². The van der Waals surface area contributed by atoms with Gasteiger partial charge in [0.15, 0.2) is 0 Å². The van der Waals surface area contributed by atoms with E-state index in [0.717, 1.165) is 6.42 Å². The summed E-state index contributed by atoms with van der Waals surface area (Å²) in [5.41, 5.74) is 0. The largest absolute Gasteiger partial charge is 0.248 e. The summed E-state index contributed by atoms with van der Waals surface area (Å²) in [6, 6.07) is 0. The molecule has 0 unspecified atom stereocenters. The standard InChI is InChI=1S/C8H16FI/c1-6(2)8(10)5-4-7(3)9/h6-8H,4-5H2,1-3H3/t7-,8+/m1/s1. The molecule has 0 aromatic heterocycles. The van der Waals surface area contributed by atoms with Crippen LogP contribution in [0.2, 0.25) is 0 Å². The van der Waals surface area contributed by atoms with Gasteiger partial charge in [0.1, 0.15) is 0 Å². The number of hydrogen-bond donors (Lipinski definition) is 0. The Kier molecular flexibility index (Phi) is 5.68. The lowest BCUT2D eigenvalue weighted by molar-refractivity contribution is 0.329. The number of rotatable bonds is 4. The van der Waals surface area contributed by atoms with Gasteiger partial charge in [-0.2, -0.15) is 0 Å². The van der Waals surface area contributed by atoms with Gasteiger partial charge in [-0.3, -0.25) is 0 Å². The van der Waals surface area contributed by atoms with Crippen molar-refractivity contribution < 1.29 is 4.39 Å². The maximum absolute atomic E-state index is 12.3. The maximum Gasteiger partial charge on any atom is 0.0974 e.